The highest BCUT2D eigenvalue weighted by atomic mass is 15.0. The van der Waals surface area contributed by atoms with Gasteiger partial charge in [0.1, 0.15) is 0 Å². The van der Waals surface area contributed by atoms with E-state index in [9.17, 15) is 0 Å². The van der Waals surface area contributed by atoms with E-state index in [1.54, 1.807) is 0 Å². The van der Waals surface area contributed by atoms with Gasteiger partial charge >= 0.3 is 0 Å². The smallest absolute Gasteiger partial charge is 0.0174 e. The van der Waals surface area contributed by atoms with Crippen LogP contribution in [0.25, 0.3) is 0 Å². The molecule has 0 spiro atoms. The first-order valence-electron chi connectivity index (χ1n) is 5.14. The van der Waals surface area contributed by atoms with Crippen LogP contribution >= 0.6 is 0 Å². The van der Waals surface area contributed by atoms with Crippen LogP contribution in [-0.2, 0) is 0 Å². The van der Waals surface area contributed by atoms with Crippen LogP contribution in [0.3, 0.4) is 0 Å². The normalized spacial score (nSPS) is 12.0. The zero-order valence-electron chi connectivity index (χ0n) is 9.04. The summed E-state index contributed by atoms with van der Waals surface area (Å²) in [6.07, 6.45) is 3.68. The minimum Gasteiger partial charge on any atom is -0.318 e. The molecule has 0 saturated carbocycles. The third-order valence-corrected chi connectivity index (χ3v) is 2.91. The Kier molecular flexibility index (Phi) is 6.39. The quantitative estimate of drug-likeness (QED) is 0.572. The van der Waals surface area contributed by atoms with Crippen molar-refractivity contribution in [1.29, 1.82) is 0 Å². The summed E-state index contributed by atoms with van der Waals surface area (Å²) in [5, 5.41) is 6.77. The zero-order valence-corrected chi connectivity index (χ0v) is 9.04. The Morgan fingerprint density at radius 3 is 1.75 bits per heavy atom. The van der Waals surface area contributed by atoms with Crippen LogP contribution in [0.1, 0.15) is 40.0 Å². The van der Waals surface area contributed by atoms with Gasteiger partial charge in [-0.15, -0.1) is 0 Å². The molecule has 0 saturated heterocycles. The minimum absolute atomic E-state index is 0.386. The van der Waals surface area contributed by atoms with Gasteiger partial charge in [-0.3, -0.25) is 0 Å². The SMILES string of the molecule is CCC(CC)(CC)NCCNC. The average Bonchev–Trinajstić information content (AvgIpc) is 2.14. The molecule has 0 aliphatic carbocycles. The molecule has 0 bridgehead atoms. The third-order valence-electron chi connectivity index (χ3n) is 2.91. The lowest BCUT2D eigenvalue weighted by molar-refractivity contribution is 0.292. The van der Waals surface area contributed by atoms with Gasteiger partial charge in [-0.1, -0.05) is 20.8 Å². The van der Waals surface area contributed by atoms with Gasteiger partial charge in [0, 0.05) is 18.6 Å². The second kappa shape index (κ2) is 6.44. The molecule has 0 aromatic rings. The maximum Gasteiger partial charge on any atom is 0.0174 e. The maximum absolute atomic E-state index is 3.62. The molecule has 0 aromatic carbocycles. The van der Waals surface area contributed by atoms with Crippen LogP contribution in [0, 0.1) is 0 Å². The Balaban J connectivity index is 3.76. The lowest BCUT2D eigenvalue weighted by atomic mass is 9.90. The molecule has 0 unspecified atom stereocenters. The Bertz CT molecular complexity index is 89.7. The molecule has 12 heavy (non-hydrogen) atoms. The zero-order chi connectivity index (χ0) is 9.45. The molecule has 2 nitrogen and oxygen atoms in total. The molecule has 0 aromatic heterocycles. The van der Waals surface area contributed by atoms with E-state index >= 15 is 0 Å². The third kappa shape index (κ3) is 3.55. The van der Waals surface area contributed by atoms with Gasteiger partial charge in [-0.2, -0.15) is 0 Å². The summed E-state index contributed by atoms with van der Waals surface area (Å²) in [6.45, 7) is 8.92. The fraction of sp³-hybridized carbons (Fsp3) is 1.00. The van der Waals surface area contributed by atoms with Crippen molar-refractivity contribution < 1.29 is 0 Å². The van der Waals surface area contributed by atoms with Crippen molar-refractivity contribution in [3.8, 4) is 0 Å². The van der Waals surface area contributed by atoms with Crippen LogP contribution in [0.4, 0.5) is 0 Å². The van der Waals surface area contributed by atoms with Crippen molar-refractivity contribution in [3.05, 3.63) is 0 Å². The van der Waals surface area contributed by atoms with Crippen molar-refractivity contribution in [2.24, 2.45) is 0 Å². The summed E-state index contributed by atoms with van der Waals surface area (Å²) in [4.78, 5) is 0. The lowest BCUT2D eigenvalue weighted by Crippen LogP contribution is -2.46. The van der Waals surface area contributed by atoms with Crippen LogP contribution in [0.15, 0.2) is 0 Å². The topological polar surface area (TPSA) is 24.1 Å². The predicted molar refractivity (Wildman–Crippen MR) is 55.5 cm³/mol. The van der Waals surface area contributed by atoms with Gasteiger partial charge in [0.05, 0.1) is 0 Å². The van der Waals surface area contributed by atoms with Gasteiger partial charge in [-0.05, 0) is 26.3 Å². The summed E-state index contributed by atoms with van der Waals surface area (Å²) in [6, 6.07) is 0. The molecule has 2 N–H and O–H groups in total. The molecule has 74 valence electrons. The second-order valence-corrected chi connectivity index (χ2v) is 3.37. The average molecular weight is 172 g/mol. The Hall–Kier alpha value is -0.0800. The van der Waals surface area contributed by atoms with Gasteiger partial charge in [0.15, 0.2) is 0 Å². The first-order valence-corrected chi connectivity index (χ1v) is 5.14. The molecule has 0 aliphatic heterocycles. The van der Waals surface area contributed by atoms with E-state index in [1.165, 1.54) is 19.3 Å². The second-order valence-electron chi connectivity index (χ2n) is 3.37. The first kappa shape index (κ1) is 11.9. The number of hydrogen-bond acceptors (Lipinski definition) is 2. The van der Waals surface area contributed by atoms with Gasteiger partial charge < -0.3 is 10.6 Å². The Morgan fingerprint density at radius 1 is 0.917 bits per heavy atom. The van der Waals surface area contributed by atoms with Crippen molar-refractivity contribution >= 4 is 0 Å². The molecule has 0 atom stereocenters. The number of hydrogen-bond donors (Lipinski definition) is 2. The Labute approximate surface area is 77.1 Å². The van der Waals surface area contributed by atoms with E-state index < -0.39 is 0 Å². The molecule has 0 rings (SSSR count). The molecule has 0 fully saturated rings. The van der Waals surface area contributed by atoms with Crippen molar-refractivity contribution in [2.45, 2.75) is 45.6 Å². The van der Waals surface area contributed by atoms with E-state index in [4.69, 9.17) is 0 Å². The summed E-state index contributed by atoms with van der Waals surface area (Å²) in [7, 11) is 1.99. The summed E-state index contributed by atoms with van der Waals surface area (Å²) in [5.41, 5.74) is 0.386. The molecule has 0 amide bonds. The first-order chi connectivity index (χ1) is 5.74. The van der Waals surface area contributed by atoms with E-state index in [-0.39, 0.29) is 0 Å². The van der Waals surface area contributed by atoms with E-state index in [0.29, 0.717) is 5.54 Å². The highest BCUT2D eigenvalue weighted by molar-refractivity contribution is 4.83. The van der Waals surface area contributed by atoms with Crippen molar-refractivity contribution in [3.63, 3.8) is 0 Å². The molecule has 2 heteroatoms. The van der Waals surface area contributed by atoms with Gasteiger partial charge in [-0.25, -0.2) is 0 Å². The fourth-order valence-electron chi connectivity index (χ4n) is 1.58. The molecule has 0 heterocycles. The van der Waals surface area contributed by atoms with Gasteiger partial charge in [0.2, 0.25) is 0 Å². The van der Waals surface area contributed by atoms with E-state index in [2.05, 4.69) is 31.4 Å². The summed E-state index contributed by atoms with van der Waals surface area (Å²) >= 11 is 0. The highest BCUT2D eigenvalue weighted by Crippen LogP contribution is 2.18. The molecular formula is C10H24N2. The van der Waals surface area contributed by atoms with Crippen molar-refractivity contribution in [1.82, 2.24) is 10.6 Å². The van der Waals surface area contributed by atoms with E-state index in [1.807, 2.05) is 7.05 Å². The number of nitrogens with one attached hydrogen (secondary N) is 2. The van der Waals surface area contributed by atoms with Crippen LogP contribution in [0.2, 0.25) is 0 Å². The summed E-state index contributed by atoms with van der Waals surface area (Å²) < 4.78 is 0. The van der Waals surface area contributed by atoms with Crippen LogP contribution in [0.5, 0.6) is 0 Å². The van der Waals surface area contributed by atoms with Crippen LogP contribution in [-0.4, -0.2) is 25.7 Å². The summed E-state index contributed by atoms with van der Waals surface area (Å²) in [5.74, 6) is 0. The predicted octanol–water partition coefficient (Wildman–Crippen LogP) is 1.76. The van der Waals surface area contributed by atoms with Crippen LogP contribution < -0.4 is 10.6 Å². The van der Waals surface area contributed by atoms with E-state index in [0.717, 1.165) is 13.1 Å². The maximum atomic E-state index is 3.62. The molecular weight excluding hydrogens is 148 g/mol. The van der Waals surface area contributed by atoms with Gasteiger partial charge in [0.25, 0.3) is 0 Å². The minimum atomic E-state index is 0.386. The standard InChI is InChI=1S/C10H24N2/c1-5-10(6-2,7-3)12-9-8-11-4/h11-12H,5-9H2,1-4H3. The highest BCUT2D eigenvalue weighted by Gasteiger charge is 2.21. The number of likely N-dealkylation sites (N-methyl/N-ethyl adjacent to an activating group) is 1. The number of rotatable bonds is 7. The largest absolute Gasteiger partial charge is 0.318 e. The fourth-order valence-corrected chi connectivity index (χ4v) is 1.58. The van der Waals surface area contributed by atoms with Crippen molar-refractivity contribution in [2.75, 3.05) is 20.1 Å². The molecule has 0 radical (unpaired) electrons. The lowest BCUT2D eigenvalue weighted by Gasteiger charge is -2.32. The Morgan fingerprint density at radius 2 is 1.42 bits per heavy atom. The molecule has 0 aliphatic rings. The monoisotopic (exact) mass is 172 g/mol.